The van der Waals surface area contributed by atoms with Crippen molar-refractivity contribution in [1.29, 1.82) is 0 Å². The SMILES string of the molecule is OC[C@H]1OC(n2c(Br)nc3cc(Cl)c(Cl)cc32)[C@@](O)(F)[C@@H]1O. The molecule has 3 rings (SSSR count). The maximum atomic E-state index is 14.5. The lowest BCUT2D eigenvalue weighted by molar-refractivity contribution is -0.195. The van der Waals surface area contributed by atoms with Gasteiger partial charge in [-0.25, -0.2) is 9.37 Å². The van der Waals surface area contributed by atoms with Gasteiger partial charge in [-0.1, -0.05) is 23.2 Å². The standard InChI is InChI=1S/C12H10BrCl2FN2O4/c13-11-17-6-1-4(14)5(15)2-7(6)18(11)10-12(16,21)9(20)8(3-19)22-10/h1-2,8-10,19-21H,3H2/t8-,9-,10?,12-/m1/s1. The second kappa shape index (κ2) is 5.55. The first kappa shape index (κ1) is 16.4. The van der Waals surface area contributed by atoms with Crippen LogP contribution in [0.3, 0.4) is 0 Å². The number of nitrogens with zero attached hydrogens (tertiary/aromatic N) is 2. The molecule has 0 aliphatic carbocycles. The maximum absolute atomic E-state index is 14.5. The van der Waals surface area contributed by atoms with E-state index < -0.39 is 30.9 Å². The number of benzene rings is 1. The first-order chi connectivity index (χ1) is 10.3. The highest BCUT2D eigenvalue weighted by Crippen LogP contribution is 2.43. The molecule has 2 heterocycles. The fourth-order valence-electron chi connectivity index (χ4n) is 2.41. The summed E-state index contributed by atoms with van der Waals surface area (Å²) < 4.78 is 21.1. The number of aliphatic hydroxyl groups excluding tert-OH is 2. The third-order valence-electron chi connectivity index (χ3n) is 3.52. The molecule has 0 saturated carbocycles. The Hall–Kier alpha value is -0.480. The normalized spacial score (nSPS) is 32.0. The minimum atomic E-state index is -3.12. The second-order valence-corrected chi connectivity index (χ2v) is 6.41. The van der Waals surface area contributed by atoms with Gasteiger partial charge in [-0.05, 0) is 28.1 Å². The number of hydrogen-bond acceptors (Lipinski definition) is 5. The van der Waals surface area contributed by atoms with E-state index in [-0.39, 0.29) is 14.8 Å². The molecule has 1 aromatic heterocycles. The van der Waals surface area contributed by atoms with Crippen molar-refractivity contribution < 1.29 is 24.4 Å². The van der Waals surface area contributed by atoms with Crippen LogP contribution in [0.25, 0.3) is 11.0 Å². The Balaban J connectivity index is 2.18. The van der Waals surface area contributed by atoms with Crippen LogP contribution in [-0.4, -0.2) is 49.5 Å². The minimum absolute atomic E-state index is 0.146. The lowest BCUT2D eigenvalue weighted by atomic mass is 10.1. The molecule has 1 aromatic carbocycles. The molecule has 1 fully saturated rings. The average molecular weight is 416 g/mol. The summed E-state index contributed by atoms with van der Waals surface area (Å²) in [5.74, 6) is -3.12. The molecule has 4 atom stereocenters. The van der Waals surface area contributed by atoms with Gasteiger partial charge in [-0.15, -0.1) is 0 Å². The Kier molecular flexibility index (Phi) is 4.14. The third-order valence-corrected chi connectivity index (χ3v) is 4.80. The van der Waals surface area contributed by atoms with E-state index in [1.165, 1.54) is 16.7 Å². The van der Waals surface area contributed by atoms with Crippen LogP contribution in [0.15, 0.2) is 16.9 Å². The van der Waals surface area contributed by atoms with Crippen LogP contribution < -0.4 is 0 Å². The summed E-state index contributed by atoms with van der Waals surface area (Å²) in [4.78, 5) is 4.14. The molecule has 3 N–H and O–H groups in total. The molecular formula is C12H10BrCl2FN2O4. The molecule has 0 spiro atoms. The van der Waals surface area contributed by atoms with Gasteiger partial charge in [0, 0.05) is 0 Å². The topological polar surface area (TPSA) is 87.7 Å². The quantitative estimate of drug-likeness (QED) is 0.698. The zero-order valence-electron chi connectivity index (χ0n) is 10.8. The predicted molar refractivity (Wildman–Crippen MR) is 80.5 cm³/mol. The van der Waals surface area contributed by atoms with Gasteiger partial charge in [0.2, 0.25) is 0 Å². The van der Waals surface area contributed by atoms with E-state index in [1.54, 1.807) is 0 Å². The van der Waals surface area contributed by atoms with Gasteiger partial charge in [0.15, 0.2) is 11.0 Å². The van der Waals surface area contributed by atoms with Crippen molar-refractivity contribution in [1.82, 2.24) is 9.55 Å². The van der Waals surface area contributed by atoms with E-state index in [1.807, 2.05) is 0 Å². The minimum Gasteiger partial charge on any atom is -0.394 e. The molecule has 22 heavy (non-hydrogen) atoms. The highest BCUT2D eigenvalue weighted by molar-refractivity contribution is 9.10. The van der Waals surface area contributed by atoms with E-state index in [0.29, 0.717) is 11.0 Å². The zero-order valence-corrected chi connectivity index (χ0v) is 13.8. The summed E-state index contributed by atoms with van der Waals surface area (Å²) >= 11 is 15.0. The van der Waals surface area contributed by atoms with E-state index >= 15 is 0 Å². The lowest BCUT2D eigenvalue weighted by Crippen LogP contribution is -2.43. The van der Waals surface area contributed by atoms with Crippen LogP contribution >= 0.6 is 39.1 Å². The summed E-state index contributed by atoms with van der Waals surface area (Å²) in [6.07, 6.45) is -4.79. The van der Waals surface area contributed by atoms with Crippen molar-refractivity contribution in [3.8, 4) is 0 Å². The summed E-state index contributed by atoms with van der Waals surface area (Å²) in [5, 5.41) is 29.2. The van der Waals surface area contributed by atoms with Crippen LogP contribution in [0.5, 0.6) is 0 Å². The molecule has 2 aromatic rings. The van der Waals surface area contributed by atoms with Crippen LogP contribution in [0.4, 0.5) is 4.39 Å². The molecular weight excluding hydrogens is 406 g/mol. The number of imidazole rings is 1. The summed E-state index contributed by atoms with van der Waals surface area (Å²) in [7, 11) is 0. The summed E-state index contributed by atoms with van der Waals surface area (Å²) in [5.41, 5.74) is 0.732. The highest BCUT2D eigenvalue weighted by Gasteiger charge is 2.58. The second-order valence-electron chi connectivity index (χ2n) is 4.89. The van der Waals surface area contributed by atoms with Gasteiger partial charge in [0.1, 0.15) is 12.2 Å². The Morgan fingerprint density at radius 1 is 1.41 bits per heavy atom. The Morgan fingerprint density at radius 2 is 2.05 bits per heavy atom. The molecule has 1 saturated heterocycles. The lowest BCUT2D eigenvalue weighted by Gasteiger charge is -2.24. The van der Waals surface area contributed by atoms with Gasteiger partial charge >= 0.3 is 0 Å². The number of fused-ring (bicyclic) bond motifs is 1. The largest absolute Gasteiger partial charge is 0.394 e. The monoisotopic (exact) mass is 414 g/mol. The number of rotatable bonds is 2. The number of aliphatic hydroxyl groups is 3. The first-order valence-electron chi connectivity index (χ1n) is 6.15. The smallest absolute Gasteiger partial charge is 0.281 e. The maximum Gasteiger partial charge on any atom is 0.281 e. The number of ether oxygens (including phenoxy) is 1. The fraction of sp³-hybridized carbons (Fsp3) is 0.417. The summed E-state index contributed by atoms with van der Waals surface area (Å²) in [6.45, 7) is -0.652. The Morgan fingerprint density at radius 3 is 2.64 bits per heavy atom. The first-order valence-corrected chi connectivity index (χ1v) is 7.70. The van der Waals surface area contributed by atoms with Crippen molar-refractivity contribution in [2.24, 2.45) is 0 Å². The van der Waals surface area contributed by atoms with E-state index in [0.717, 1.165) is 0 Å². The molecule has 1 unspecified atom stereocenters. The van der Waals surface area contributed by atoms with Gasteiger partial charge < -0.3 is 20.1 Å². The van der Waals surface area contributed by atoms with Crippen molar-refractivity contribution in [2.75, 3.05) is 6.61 Å². The van der Waals surface area contributed by atoms with Crippen molar-refractivity contribution in [3.63, 3.8) is 0 Å². The number of alkyl halides is 1. The fourth-order valence-corrected chi connectivity index (χ4v) is 3.29. The third kappa shape index (κ3) is 2.34. The van der Waals surface area contributed by atoms with Crippen LogP contribution in [0, 0.1) is 0 Å². The van der Waals surface area contributed by atoms with Crippen LogP contribution in [0.2, 0.25) is 10.0 Å². The van der Waals surface area contributed by atoms with Gasteiger partial charge in [0.05, 0.1) is 27.7 Å². The summed E-state index contributed by atoms with van der Waals surface area (Å²) in [6, 6.07) is 2.92. The van der Waals surface area contributed by atoms with Gasteiger partial charge in [-0.3, -0.25) is 4.57 Å². The van der Waals surface area contributed by atoms with Crippen molar-refractivity contribution in [3.05, 3.63) is 26.9 Å². The zero-order chi connectivity index (χ0) is 16.2. The van der Waals surface area contributed by atoms with E-state index in [2.05, 4.69) is 20.9 Å². The highest BCUT2D eigenvalue weighted by atomic mass is 79.9. The molecule has 120 valence electrons. The molecule has 0 bridgehead atoms. The average Bonchev–Trinajstić information content (AvgIpc) is 2.86. The predicted octanol–water partition coefficient (Wildman–Crippen LogP) is 2.01. The van der Waals surface area contributed by atoms with Crippen molar-refractivity contribution in [2.45, 2.75) is 24.3 Å². The molecule has 0 amide bonds. The van der Waals surface area contributed by atoms with Gasteiger partial charge in [0.25, 0.3) is 5.85 Å². The van der Waals surface area contributed by atoms with Crippen LogP contribution in [0.1, 0.15) is 6.23 Å². The number of aromatic nitrogens is 2. The van der Waals surface area contributed by atoms with Gasteiger partial charge in [-0.2, -0.15) is 0 Å². The number of halogens is 4. The van der Waals surface area contributed by atoms with E-state index in [9.17, 15) is 14.6 Å². The molecule has 0 radical (unpaired) electrons. The molecule has 1 aliphatic heterocycles. The molecule has 6 nitrogen and oxygen atoms in total. The van der Waals surface area contributed by atoms with E-state index in [4.69, 9.17) is 33.0 Å². The Bertz CT molecular complexity index is 741. The number of hydrogen-bond donors (Lipinski definition) is 3. The Labute approximate surface area is 142 Å². The molecule has 1 aliphatic rings. The van der Waals surface area contributed by atoms with Crippen molar-refractivity contribution >= 4 is 50.2 Å². The van der Waals surface area contributed by atoms with Crippen LogP contribution in [-0.2, 0) is 4.74 Å². The molecule has 10 heteroatoms.